The monoisotopic (exact) mass is 331 g/mol. The van der Waals surface area contributed by atoms with Gasteiger partial charge in [-0.15, -0.1) is 0 Å². The highest BCUT2D eigenvalue weighted by atomic mass is 16.6. The molecule has 1 aliphatic rings. The summed E-state index contributed by atoms with van der Waals surface area (Å²) in [6.45, 7) is 6.85. The number of hydrogen-bond donors (Lipinski definition) is 1. The molecule has 0 aliphatic carbocycles. The van der Waals surface area contributed by atoms with Gasteiger partial charge in [-0.3, -0.25) is 0 Å². The first-order valence-electron chi connectivity index (χ1n) is 8.43. The average molecular weight is 331 g/mol. The lowest BCUT2D eigenvalue weighted by atomic mass is 10.2. The predicted octanol–water partition coefficient (Wildman–Crippen LogP) is 2.93. The van der Waals surface area contributed by atoms with Crippen molar-refractivity contribution in [2.75, 3.05) is 6.54 Å². The third-order valence-corrected chi connectivity index (χ3v) is 4.27. The Morgan fingerprint density at radius 2 is 2.12 bits per heavy atom. The van der Waals surface area contributed by atoms with Crippen LogP contribution in [0.4, 0.5) is 4.79 Å². The lowest BCUT2D eigenvalue weighted by Crippen LogP contribution is -2.41. The molecule has 2 heterocycles. The third kappa shape index (κ3) is 3.38. The van der Waals surface area contributed by atoms with Crippen LogP contribution in [0.1, 0.15) is 39.4 Å². The summed E-state index contributed by atoms with van der Waals surface area (Å²) in [4.78, 5) is 18.7. The molecular formula is C18H25N3O3. The molecule has 2 aromatic rings. The van der Waals surface area contributed by atoms with E-state index in [9.17, 15) is 9.90 Å². The zero-order valence-corrected chi connectivity index (χ0v) is 14.5. The SMILES string of the molecule is CC(C)(C)OC(=O)N1CCC[C@@H]1Cn1c(CO)nc2ccccc21. The Morgan fingerprint density at radius 3 is 2.83 bits per heavy atom. The molecule has 0 bridgehead atoms. The van der Waals surface area contributed by atoms with Crippen molar-refractivity contribution < 1.29 is 14.6 Å². The number of rotatable bonds is 3. The minimum absolute atomic E-state index is 0.0581. The lowest BCUT2D eigenvalue weighted by Gasteiger charge is -2.29. The Balaban J connectivity index is 1.84. The molecule has 1 aliphatic heterocycles. The predicted molar refractivity (Wildman–Crippen MR) is 91.6 cm³/mol. The molecule has 0 spiro atoms. The summed E-state index contributed by atoms with van der Waals surface area (Å²) in [6.07, 6.45) is 1.63. The van der Waals surface area contributed by atoms with E-state index >= 15 is 0 Å². The van der Waals surface area contributed by atoms with E-state index in [0.717, 1.165) is 23.9 Å². The van der Waals surface area contributed by atoms with E-state index in [4.69, 9.17) is 4.74 Å². The van der Waals surface area contributed by atoms with Gasteiger partial charge in [0.25, 0.3) is 0 Å². The minimum Gasteiger partial charge on any atom is -0.444 e. The smallest absolute Gasteiger partial charge is 0.410 e. The van der Waals surface area contributed by atoms with Crippen molar-refractivity contribution in [3.63, 3.8) is 0 Å². The minimum atomic E-state index is -0.498. The Kier molecular flexibility index (Phi) is 4.49. The summed E-state index contributed by atoms with van der Waals surface area (Å²) in [5, 5.41) is 9.63. The van der Waals surface area contributed by atoms with Crippen LogP contribution in [0.15, 0.2) is 24.3 Å². The third-order valence-electron chi connectivity index (χ3n) is 4.27. The quantitative estimate of drug-likeness (QED) is 0.939. The maximum atomic E-state index is 12.4. The molecule has 130 valence electrons. The number of amides is 1. The van der Waals surface area contributed by atoms with E-state index < -0.39 is 5.60 Å². The van der Waals surface area contributed by atoms with Crippen LogP contribution in [0.3, 0.4) is 0 Å². The van der Waals surface area contributed by atoms with E-state index in [-0.39, 0.29) is 18.7 Å². The number of benzene rings is 1. The largest absolute Gasteiger partial charge is 0.444 e. The fraction of sp³-hybridized carbons (Fsp3) is 0.556. The van der Waals surface area contributed by atoms with Crippen molar-refractivity contribution >= 4 is 17.1 Å². The van der Waals surface area contributed by atoms with Crippen LogP contribution in [0.2, 0.25) is 0 Å². The van der Waals surface area contributed by atoms with E-state index in [1.54, 1.807) is 4.90 Å². The number of carbonyl (C=O) groups excluding carboxylic acids is 1. The summed E-state index contributed by atoms with van der Waals surface area (Å²) in [7, 11) is 0. The van der Waals surface area contributed by atoms with Crippen LogP contribution in [-0.4, -0.2) is 43.8 Å². The molecule has 1 aromatic heterocycles. The van der Waals surface area contributed by atoms with Crippen LogP contribution in [0.5, 0.6) is 0 Å². The standard InChI is InChI=1S/C18H25N3O3/c1-18(2,3)24-17(23)20-10-6-7-13(20)11-21-15-9-5-4-8-14(15)19-16(21)12-22/h4-5,8-9,13,22H,6-7,10-12H2,1-3H3/t13-/m1/s1. The molecule has 0 saturated carbocycles. The first-order valence-corrected chi connectivity index (χ1v) is 8.43. The van der Waals surface area contributed by atoms with Gasteiger partial charge in [0.15, 0.2) is 0 Å². The number of likely N-dealkylation sites (tertiary alicyclic amines) is 1. The van der Waals surface area contributed by atoms with Gasteiger partial charge in [-0.05, 0) is 45.7 Å². The highest BCUT2D eigenvalue weighted by Gasteiger charge is 2.33. The average Bonchev–Trinajstić information content (AvgIpc) is 3.11. The number of nitrogens with zero attached hydrogens (tertiary/aromatic N) is 3. The van der Waals surface area contributed by atoms with Gasteiger partial charge in [-0.1, -0.05) is 12.1 Å². The van der Waals surface area contributed by atoms with Crippen LogP contribution in [0.25, 0.3) is 11.0 Å². The Labute approximate surface area is 142 Å². The zero-order valence-electron chi connectivity index (χ0n) is 14.5. The molecule has 0 unspecified atom stereocenters. The Bertz CT molecular complexity index is 733. The normalized spacial score (nSPS) is 18.3. The van der Waals surface area contributed by atoms with Gasteiger partial charge in [-0.2, -0.15) is 0 Å². The fourth-order valence-electron chi connectivity index (χ4n) is 3.25. The molecule has 3 rings (SSSR count). The maximum absolute atomic E-state index is 12.4. The van der Waals surface area contributed by atoms with Crippen molar-refractivity contribution in [2.45, 2.75) is 58.4 Å². The number of para-hydroxylation sites is 2. The van der Waals surface area contributed by atoms with Gasteiger partial charge >= 0.3 is 6.09 Å². The molecular weight excluding hydrogens is 306 g/mol. The number of aliphatic hydroxyl groups is 1. The van der Waals surface area contributed by atoms with E-state index in [0.29, 0.717) is 18.9 Å². The van der Waals surface area contributed by atoms with Crippen molar-refractivity contribution in [1.82, 2.24) is 14.5 Å². The first kappa shape index (κ1) is 16.8. The van der Waals surface area contributed by atoms with Crippen molar-refractivity contribution in [3.8, 4) is 0 Å². The Hall–Kier alpha value is -2.08. The van der Waals surface area contributed by atoms with E-state index in [1.165, 1.54) is 0 Å². The number of ether oxygens (including phenoxy) is 1. The number of carbonyl (C=O) groups is 1. The molecule has 1 N–H and O–H groups in total. The number of aromatic nitrogens is 2. The number of aliphatic hydroxyl groups excluding tert-OH is 1. The van der Waals surface area contributed by atoms with Crippen molar-refractivity contribution in [2.24, 2.45) is 0 Å². The zero-order chi connectivity index (χ0) is 17.3. The summed E-state index contributed by atoms with van der Waals surface area (Å²) in [5.74, 6) is 0.632. The highest BCUT2D eigenvalue weighted by Crippen LogP contribution is 2.25. The van der Waals surface area contributed by atoms with Gasteiger partial charge in [0.1, 0.15) is 18.0 Å². The second-order valence-corrected chi connectivity index (χ2v) is 7.26. The van der Waals surface area contributed by atoms with Gasteiger partial charge in [-0.25, -0.2) is 9.78 Å². The molecule has 1 aromatic carbocycles. The number of fused-ring (bicyclic) bond motifs is 1. The molecule has 1 saturated heterocycles. The van der Waals surface area contributed by atoms with Gasteiger partial charge in [0.2, 0.25) is 0 Å². The summed E-state index contributed by atoms with van der Waals surface area (Å²) in [6, 6.07) is 7.88. The fourth-order valence-corrected chi connectivity index (χ4v) is 3.25. The van der Waals surface area contributed by atoms with Crippen molar-refractivity contribution in [3.05, 3.63) is 30.1 Å². The van der Waals surface area contributed by atoms with Gasteiger partial charge < -0.3 is 19.3 Å². The molecule has 6 nitrogen and oxygen atoms in total. The molecule has 1 amide bonds. The molecule has 1 fully saturated rings. The highest BCUT2D eigenvalue weighted by molar-refractivity contribution is 5.76. The summed E-state index contributed by atoms with van der Waals surface area (Å²) >= 11 is 0. The summed E-state index contributed by atoms with van der Waals surface area (Å²) in [5.41, 5.74) is 1.35. The number of imidazole rings is 1. The molecule has 0 radical (unpaired) electrons. The van der Waals surface area contributed by atoms with E-state index in [2.05, 4.69) is 4.98 Å². The van der Waals surface area contributed by atoms with Crippen LogP contribution in [0, 0.1) is 0 Å². The van der Waals surface area contributed by atoms with Gasteiger partial charge in [0, 0.05) is 13.1 Å². The van der Waals surface area contributed by atoms with Gasteiger partial charge in [0.05, 0.1) is 17.1 Å². The second kappa shape index (κ2) is 6.43. The van der Waals surface area contributed by atoms with Crippen LogP contribution >= 0.6 is 0 Å². The molecule has 1 atom stereocenters. The summed E-state index contributed by atoms with van der Waals surface area (Å²) < 4.78 is 7.54. The Morgan fingerprint density at radius 1 is 1.38 bits per heavy atom. The first-order chi connectivity index (χ1) is 11.4. The number of hydrogen-bond acceptors (Lipinski definition) is 4. The maximum Gasteiger partial charge on any atom is 0.410 e. The molecule has 6 heteroatoms. The van der Waals surface area contributed by atoms with Crippen molar-refractivity contribution in [1.29, 1.82) is 0 Å². The van der Waals surface area contributed by atoms with Crippen LogP contribution < -0.4 is 0 Å². The van der Waals surface area contributed by atoms with Crippen LogP contribution in [-0.2, 0) is 17.9 Å². The van der Waals surface area contributed by atoms with E-state index in [1.807, 2.05) is 49.6 Å². The second-order valence-electron chi connectivity index (χ2n) is 7.26. The topological polar surface area (TPSA) is 67.6 Å². The lowest BCUT2D eigenvalue weighted by molar-refractivity contribution is 0.0214. The molecule has 24 heavy (non-hydrogen) atoms.